The third kappa shape index (κ3) is 5.07. The molecule has 0 radical (unpaired) electrons. The molecule has 0 spiro atoms. The number of hydrogen-bond acceptors (Lipinski definition) is 3. The smallest absolute Gasteiger partial charge is 0.353 e. The van der Waals surface area contributed by atoms with Gasteiger partial charge in [0.2, 0.25) is 0 Å². The van der Waals surface area contributed by atoms with Gasteiger partial charge in [0.1, 0.15) is 5.82 Å². The number of alkyl halides is 3. The Labute approximate surface area is 166 Å². The summed E-state index contributed by atoms with van der Waals surface area (Å²) in [6.07, 6.45) is -1.77. The second-order valence-electron chi connectivity index (χ2n) is 6.51. The molecule has 3 rings (SSSR count). The molecule has 1 fully saturated rings. The van der Waals surface area contributed by atoms with Crippen LogP contribution in [0.3, 0.4) is 0 Å². The van der Waals surface area contributed by atoms with Gasteiger partial charge in [-0.05, 0) is 36.2 Å². The van der Waals surface area contributed by atoms with E-state index in [1.54, 1.807) is 31.4 Å². The van der Waals surface area contributed by atoms with Crippen LogP contribution in [-0.4, -0.2) is 37.1 Å². The van der Waals surface area contributed by atoms with Crippen LogP contribution in [0.5, 0.6) is 0 Å². The number of guanidine groups is 1. The summed E-state index contributed by atoms with van der Waals surface area (Å²) in [6, 6.07) is 8.98. The van der Waals surface area contributed by atoms with Crippen molar-refractivity contribution in [3.05, 3.63) is 58.7 Å². The highest BCUT2D eigenvalue weighted by atomic mass is 35.5. The lowest BCUT2D eigenvalue weighted by molar-refractivity contribution is -0.137. The molecule has 1 saturated heterocycles. The Morgan fingerprint density at radius 2 is 2.14 bits per heavy atom. The summed E-state index contributed by atoms with van der Waals surface area (Å²) in [6.45, 7) is 1.76. The predicted octanol–water partition coefficient (Wildman–Crippen LogP) is 3.70. The fraction of sp³-hybridized carbons (Fsp3) is 0.368. The lowest BCUT2D eigenvalue weighted by Gasteiger charge is -2.20. The normalized spacial score (nSPS) is 17.7. The van der Waals surface area contributed by atoms with Crippen molar-refractivity contribution in [2.45, 2.75) is 25.2 Å². The summed E-state index contributed by atoms with van der Waals surface area (Å²) in [4.78, 5) is 10.6. The molecule has 1 aliphatic rings. The summed E-state index contributed by atoms with van der Waals surface area (Å²) < 4.78 is 38.5. The molecule has 1 aromatic carbocycles. The maximum atomic E-state index is 12.8. The second-order valence-corrected chi connectivity index (χ2v) is 6.92. The quantitative estimate of drug-likeness (QED) is 0.595. The number of nitrogens with zero attached hydrogens (tertiary/aromatic N) is 3. The van der Waals surface area contributed by atoms with Gasteiger partial charge in [-0.1, -0.05) is 23.7 Å². The van der Waals surface area contributed by atoms with Crippen molar-refractivity contribution in [2.75, 3.05) is 25.0 Å². The summed E-state index contributed by atoms with van der Waals surface area (Å²) in [5.41, 5.74) is -0.125. The maximum Gasteiger partial charge on any atom is 0.416 e. The first-order valence-corrected chi connectivity index (χ1v) is 9.23. The van der Waals surface area contributed by atoms with E-state index in [4.69, 9.17) is 11.6 Å². The molecule has 1 aromatic heterocycles. The molecule has 0 saturated carbocycles. The zero-order chi connectivity index (χ0) is 20.1. The third-order valence-corrected chi connectivity index (χ3v) is 4.80. The average Bonchev–Trinajstić information content (AvgIpc) is 3.13. The standard InChI is InChI=1S/C19H21ClF3N5/c1-24-18(26-11-13-4-2-5-14(10-13)19(21,22)23)27-15-7-9-28(12-15)17-16(20)6-3-8-25-17/h2-6,8,10,15H,7,9,11-12H2,1H3,(H2,24,26,27). The Bertz CT molecular complexity index is 840. The summed E-state index contributed by atoms with van der Waals surface area (Å²) in [7, 11) is 1.63. The van der Waals surface area contributed by atoms with E-state index < -0.39 is 11.7 Å². The van der Waals surface area contributed by atoms with Crippen molar-refractivity contribution < 1.29 is 13.2 Å². The summed E-state index contributed by atoms with van der Waals surface area (Å²) in [5, 5.41) is 6.98. The zero-order valence-electron chi connectivity index (χ0n) is 15.3. The number of rotatable bonds is 4. The first-order chi connectivity index (χ1) is 13.4. The molecule has 0 aliphatic carbocycles. The van der Waals surface area contributed by atoms with Crippen LogP contribution in [0.1, 0.15) is 17.5 Å². The number of anilines is 1. The van der Waals surface area contributed by atoms with Crippen molar-refractivity contribution in [1.29, 1.82) is 0 Å². The largest absolute Gasteiger partial charge is 0.416 e. The van der Waals surface area contributed by atoms with Crippen molar-refractivity contribution in [1.82, 2.24) is 15.6 Å². The van der Waals surface area contributed by atoms with Gasteiger partial charge in [-0.2, -0.15) is 13.2 Å². The topological polar surface area (TPSA) is 52.6 Å². The van der Waals surface area contributed by atoms with E-state index in [1.807, 2.05) is 0 Å². The van der Waals surface area contributed by atoms with E-state index in [0.717, 1.165) is 30.9 Å². The van der Waals surface area contributed by atoms with Gasteiger partial charge < -0.3 is 15.5 Å². The molecular formula is C19H21ClF3N5. The van der Waals surface area contributed by atoms with Gasteiger partial charge in [0.15, 0.2) is 5.96 Å². The Balaban J connectivity index is 1.55. The molecule has 1 atom stereocenters. The number of pyridine rings is 1. The van der Waals surface area contributed by atoms with E-state index in [2.05, 4.69) is 25.5 Å². The van der Waals surface area contributed by atoms with Gasteiger partial charge in [-0.15, -0.1) is 0 Å². The Hall–Kier alpha value is -2.48. The number of halogens is 4. The van der Waals surface area contributed by atoms with Crippen molar-refractivity contribution >= 4 is 23.4 Å². The Morgan fingerprint density at radius 3 is 2.86 bits per heavy atom. The summed E-state index contributed by atoms with van der Waals surface area (Å²) >= 11 is 6.21. The van der Waals surface area contributed by atoms with Crippen molar-refractivity contribution in [3.63, 3.8) is 0 Å². The molecule has 9 heteroatoms. The molecule has 0 bridgehead atoms. The van der Waals surface area contributed by atoms with Crippen LogP contribution < -0.4 is 15.5 Å². The van der Waals surface area contributed by atoms with Crippen LogP contribution in [0.2, 0.25) is 5.02 Å². The molecule has 1 aliphatic heterocycles. The van der Waals surface area contributed by atoms with Crippen LogP contribution in [0.4, 0.5) is 19.0 Å². The van der Waals surface area contributed by atoms with E-state index >= 15 is 0 Å². The molecule has 2 N–H and O–H groups in total. The van der Waals surface area contributed by atoms with Gasteiger partial charge in [-0.3, -0.25) is 4.99 Å². The number of aromatic nitrogens is 1. The Kier molecular flexibility index (Phi) is 6.28. The minimum absolute atomic E-state index is 0.130. The van der Waals surface area contributed by atoms with Gasteiger partial charge in [0, 0.05) is 38.9 Å². The molecule has 5 nitrogen and oxygen atoms in total. The first-order valence-electron chi connectivity index (χ1n) is 8.85. The van der Waals surface area contributed by atoms with E-state index in [1.165, 1.54) is 6.07 Å². The number of benzene rings is 1. The maximum absolute atomic E-state index is 12.8. The lowest BCUT2D eigenvalue weighted by Crippen LogP contribution is -2.44. The molecule has 150 valence electrons. The van der Waals surface area contributed by atoms with Crippen LogP contribution in [0.25, 0.3) is 0 Å². The van der Waals surface area contributed by atoms with E-state index in [9.17, 15) is 13.2 Å². The van der Waals surface area contributed by atoms with Gasteiger partial charge in [-0.25, -0.2) is 4.98 Å². The summed E-state index contributed by atoms with van der Waals surface area (Å²) in [5.74, 6) is 1.29. The zero-order valence-corrected chi connectivity index (χ0v) is 16.1. The minimum Gasteiger partial charge on any atom is -0.353 e. The highest BCUT2D eigenvalue weighted by molar-refractivity contribution is 6.32. The fourth-order valence-corrected chi connectivity index (χ4v) is 3.35. The molecule has 2 heterocycles. The fourth-order valence-electron chi connectivity index (χ4n) is 3.11. The van der Waals surface area contributed by atoms with Crippen LogP contribution in [0.15, 0.2) is 47.6 Å². The monoisotopic (exact) mass is 411 g/mol. The number of aliphatic imine (C=N–C) groups is 1. The van der Waals surface area contributed by atoms with Crippen LogP contribution in [0, 0.1) is 0 Å². The van der Waals surface area contributed by atoms with Crippen LogP contribution in [-0.2, 0) is 12.7 Å². The van der Waals surface area contributed by atoms with Gasteiger partial charge in [0.05, 0.1) is 10.6 Å². The Morgan fingerprint density at radius 1 is 1.32 bits per heavy atom. The molecule has 0 amide bonds. The number of nitrogens with one attached hydrogen (secondary N) is 2. The SMILES string of the molecule is CN=C(NCc1cccc(C(F)(F)F)c1)NC1CCN(c2ncccc2Cl)C1. The van der Waals surface area contributed by atoms with Crippen molar-refractivity contribution in [2.24, 2.45) is 4.99 Å². The third-order valence-electron chi connectivity index (χ3n) is 4.51. The lowest BCUT2D eigenvalue weighted by atomic mass is 10.1. The van der Waals surface area contributed by atoms with Crippen LogP contribution >= 0.6 is 11.6 Å². The molecule has 28 heavy (non-hydrogen) atoms. The van der Waals surface area contributed by atoms with E-state index in [0.29, 0.717) is 23.1 Å². The minimum atomic E-state index is -4.35. The predicted molar refractivity (Wildman–Crippen MR) is 105 cm³/mol. The van der Waals surface area contributed by atoms with Gasteiger partial charge >= 0.3 is 6.18 Å². The first kappa shape index (κ1) is 20.3. The molecule has 2 aromatic rings. The van der Waals surface area contributed by atoms with Gasteiger partial charge in [0.25, 0.3) is 0 Å². The van der Waals surface area contributed by atoms with Crippen molar-refractivity contribution in [3.8, 4) is 0 Å². The highest BCUT2D eigenvalue weighted by Crippen LogP contribution is 2.29. The second kappa shape index (κ2) is 8.68. The van der Waals surface area contributed by atoms with E-state index in [-0.39, 0.29) is 12.6 Å². The average molecular weight is 412 g/mol. The molecular weight excluding hydrogens is 391 g/mol. The highest BCUT2D eigenvalue weighted by Gasteiger charge is 2.30. The number of hydrogen-bond donors (Lipinski definition) is 2. The molecule has 1 unspecified atom stereocenters.